The minimum atomic E-state index is -4.31. The second-order valence-corrected chi connectivity index (χ2v) is 5.51. The van der Waals surface area contributed by atoms with E-state index < -0.39 is 12.8 Å². The second-order valence-electron chi connectivity index (χ2n) is 4.65. The number of hydrogen-bond donors (Lipinski definition) is 1. The molecule has 0 aromatic heterocycles. The number of alkyl halides is 3. The fourth-order valence-corrected chi connectivity index (χ4v) is 2.69. The average Bonchev–Trinajstić information content (AvgIpc) is 2.44. The van der Waals surface area contributed by atoms with E-state index >= 15 is 0 Å². The average molecular weight is 362 g/mol. The van der Waals surface area contributed by atoms with E-state index in [-0.39, 0.29) is 12.6 Å². The van der Waals surface area contributed by atoms with Gasteiger partial charge in [0.15, 0.2) is 0 Å². The predicted octanol–water partition coefficient (Wildman–Crippen LogP) is 4.44. The fourth-order valence-electron chi connectivity index (χ4n) is 2.21. The van der Waals surface area contributed by atoms with Crippen molar-refractivity contribution in [1.82, 2.24) is 5.32 Å². The van der Waals surface area contributed by atoms with Gasteiger partial charge in [-0.05, 0) is 29.4 Å². The maximum absolute atomic E-state index is 12.2. The van der Waals surface area contributed by atoms with Crippen LogP contribution in [0.3, 0.4) is 0 Å². The highest BCUT2D eigenvalue weighted by atomic mass is 79.9. The topological polar surface area (TPSA) is 21.3 Å². The third-order valence-corrected chi connectivity index (χ3v) is 3.87. The smallest absolute Gasteiger partial charge is 0.370 e. The van der Waals surface area contributed by atoms with Crippen LogP contribution in [0.5, 0.6) is 0 Å². The summed E-state index contributed by atoms with van der Waals surface area (Å²) in [6.45, 7) is -1.28. The summed E-state index contributed by atoms with van der Waals surface area (Å²) in [5.74, 6) is 0. The van der Waals surface area contributed by atoms with Crippen molar-refractivity contribution in [3.05, 3.63) is 46.4 Å². The van der Waals surface area contributed by atoms with Gasteiger partial charge in [-0.25, -0.2) is 0 Å². The van der Waals surface area contributed by atoms with Gasteiger partial charge in [0.2, 0.25) is 0 Å². The Labute approximate surface area is 129 Å². The van der Waals surface area contributed by atoms with E-state index in [2.05, 4.69) is 21.2 Å². The summed E-state index contributed by atoms with van der Waals surface area (Å²) in [5.41, 5.74) is 0.915. The van der Waals surface area contributed by atoms with Crippen LogP contribution in [0.15, 0.2) is 40.9 Å². The van der Waals surface area contributed by atoms with Gasteiger partial charge in [0.1, 0.15) is 6.61 Å². The van der Waals surface area contributed by atoms with Crippen molar-refractivity contribution in [3.63, 3.8) is 0 Å². The predicted molar refractivity (Wildman–Crippen MR) is 80.3 cm³/mol. The molecule has 0 bridgehead atoms. The van der Waals surface area contributed by atoms with Gasteiger partial charge in [0, 0.05) is 4.47 Å². The third-order valence-electron chi connectivity index (χ3n) is 3.18. The summed E-state index contributed by atoms with van der Waals surface area (Å²) in [4.78, 5) is 0. The standard InChI is InChI=1S/C15H15BrF3NO/c1-20-14(8-21-9-15(17,18)19)12-6-7-13(16)11-5-3-2-4-10(11)12/h2-7,14,20H,8-9H2,1H3. The first-order chi connectivity index (χ1) is 9.92. The molecular weight excluding hydrogens is 347 g/mol. The number of hydrogen-bond acceptors (Lipinski definition) is 2. The lowest BCUT2D eigenvalue weighted by Gasteiger charge is -2.20. The fraction of sp³-hybridized carbons (Fsp3) is 0.333. The highest BCUT2D eigenvalue weighted by Crippen LogP contribution is 2.30. The molecule has 21 heavy (non-hydrogen) atoms. The molecule has 6 heteroatoms. The lowest BCUT2D eigenvalue weighted by Crippen LogP contribution is -2.25. The molecule has 1 unspecified atom stereocenters. The molecule has 0 aliphatic heterocycles. The molecule has 0 amide bonds. The zero-order valence-electron chi connectivity index (χ0n) is 11.4. The number of rotatable bonds is 5. The van der Waals surface area contributed by atoms with Crippen molar-refractivity contribution in [2.45, 2.75) is 12.2 Å². The van der Waals surface area contributed by atoms with Crippen LogP contribution in [0.4, 0.5) is 13.2 Å². The van der Waals surface area contributed by atoms with Crippen LogP contribution in [-0.4, -0.2) is 26.4 Å². The van der Waals surface area contributed by atoms with Crippen molar-refractivity contribution >= 4 is 26.7 Å². The number of nitrogens with one attached hydrogen (secondary N) is 1. The summed E-state index contributed by atoms with van der Waals surface area (Å²) in [6, 6.07) is 11.2. The molecule has 0 radical (unpaired) electrons. The van der Waals surface area contributed by atoms with Crippen LogP contribution < -0.4 is 5.32 Å². The minimum absolute atomic E-state index is 0.0400. The number of fused-ring (bicyclic) bond motifs is 1. The van der Waals surface area contributed by atoms with E-state index in [0.717, 1.165) is 20.8 Å². The Bertz CT molecular complexity index is 615. The quantitative estimate of drug-likeness (QED) is 0.849. The molecule has 1 N–H and O–H groups in total. The van der Waals surface area contributed by atoms with E-state index in [0.29, 0.717) is 0 Å². The Kier molecular flexibility index (Phi) is 5.24. The first kappa shape index (κ1) is 16.3. The van der Waals surface area contributed by atoms with Crippen LogP contribution >= 0.6 is 15.9 Å². The number of ether oxygens (including phenoxy) is 1. The van der Waals surface area contributed by atoms with Crippen molar-refractivity contribution < 1.29 is 17.9 Å². The van der Waals surface area contributed by atoms with E-state index in [4.69, 9.17) is 4.74 Å². The molecule has 2 rings (SSSR count). The van der Waals surface area contributed by atoms with Gasteiger partial charge in [0.25, 0.3) is 0 Å². The van der Waals surface area contributed by atoms with E-state index in [9.17, 15) is 13.2 Å². The lowest BCUT2D eigenvalue weighted by molar-refractivity contribution is -0.175. The molecule has 114 valence electrons. The van der Waals surface area contributed by atoms with Crippen LogP contribution in [0, 0.1) is 0 Å². The normalized spacial score (nSPS) is 13.6. The van der Waals surface area contributed by atoms with Gasteiger partial charge in [0.05, 0.1) is 12.6 Å². The SMILES string of the molecule is CNC(COCC(F)(F)F)c1ccc(Br)c2ccccc12. The van der Waals surface area contributed by atoms with Gasteiger partial charge in [-0.2, -0.15) is 13.2 Å². The summed E-state index contributed by atoms with van der Waals surface area (Å²) in [7, 11) is 1.71. The maximum atomic E-state index is 12.2. The van der Waals surface area contributed by atoms with Crippen LogP contribution in [0.1, 0.15) is 11.6 Å². The molecule has 0 aliphatic carbocycles. The molecule has 0 aliphatic rings. The summed E-state index contributed by atoms with van der Waals surface area (Å²) in [6.07, 6.45) is -4.31. The Balaban J connectivity index is 2.24. The Hall–Kier alpha value is -1.11. The second kappa shape index (κ2) is 6.77. The highest BCUT2D eigenvalue weighted by molar-refractivity contribution is 9.10. The molecule has 0 saturated carbocycles. The Morgan fingerprint density at radius 3 is 2.43 bits per heavy atom. The van der Waals surface area contributed by atoms with Crippen LogP contribution in [-0.2, 0) is 4.74 Å². The third kappa shape index (κ3) is 4.18. The monoisotopic (exact) mass is 361 g/mol. The molecule has 1 atom stereocenters. The molecule has 0 spiro atoms. The van der Waals surface area contributed by atoms with Gasteiger partial charge >= 0.3 is 6.18 Å². The molecule has 0 fully saturated rings. The molecule has 2 aromatic carbocycles. The summed E-state index contributed by atoms with van der Waals surface area (Å²) in [5, 5.41) is 5.02. The van der Waals surface area contributed by atoms with E-state index in [1.807, 2.05) is 36.4 Å². The zero-order valence-corrected chi connectivity index (χ0v) is 13.0. The molecule has 0 heterocycles. The van der Waals surface area contributed by atoms with Gasteiger partial charge in [-0.3, -0.25) is 0 Å². The van der Waals surface area contributed by atoms with Crippen molar-refractivity contribution in [1.29, 1.82) is 0 Å². The Morgan fingerprint density at radius 2 is 1.81 bits per heavy atom. The van der Waals surface area contributed by atoms with Crippen molar-refractivity contribution in [3.8, 4) is 0 Å². The van der Waals surface area contributed by atoms with Crippen LogP contribution in [0.2, 0.25) is 0 Å². The van der Waals surface area contributed by atoms with E-state index in [1.54, 1.807) is 7.05 Å². The van der Waals surface area contributed by atoms with Gasteiger partial charge in [-0.15, -0.1) is 0 Å². The van der Waals surface area contributed by atoms with Gasteiger partial charge in [-0.1, -0.05) is 46.3 Å². The molecular formula is C15H15BrF3NO. The summed E-state index contributed by atoms with van der Waals surface area (Å²) >= 11 is 3.48. The number of likely N-dealkylation sites (N-methyl/N-ethyl adjacent to an activating group) is 1. The lowest BCUT2D eigenvalue weighted by atomic mass is 9.99. The van der Waals surface area contributed by atoms with E-state index in [1.165, 1.54) is 0 Å². The number of benzene rings is 2. The van der Waals surface area contributed by atoms with Crippen LogP contribution in [0.25, 0.3) is 10.8 Å². The molecule has 0 saturated heterocycles. The highest BCUT2D eigenvalue weighted by Gasteiger charge is 2.28. The zero-order chi connectivity index (χ0) is 15.5. The minimum Gasteiger partial charge on any atom is -0.370 e. The van der Waals surface area contributed by atoms with Crippen molar-refractivity contribution in [2.75, 3.05) is 20.3 Å². The molecule has 2 aromatic rings. The van der Waals surface area contributed by atoms with Crippen molar-refractivity contribution in [2.24, 2.45) is 0 Å². The first-order valence-corrected chi connectivity index (χ1v) is 7.20. The Morgan fingerprint density at radius 1 is 1.14 bits per heavy atom. The van der Waals surface area contributed by atoms with Gasteiger partial charge < -0.3 is 10.1 Å². The molecule has 2 nitrogen and oxygen atoms in total. The largest absolute Gasteiger partial charge is 0.411 e. The summed E-state index contributed by atoms with van der Waals surface area (Å²) < 4.78 is 42.2. The number of halogens is 4. The first-order valence-electron chi connectivity index (χ1n) is 6.41. The maximum Gasteiger partial charge on any atom is 0.411 e.